The van der Waals surface area contributed by atoms with Crippen LogP contribution in [0.3, 0.4) is 0 Å². The van der Waals surface area contributed by atoms with Gasteiger partial charge in [-0.05, 0) is 25.0 Å². The number of halogens is 2. The maximum absolute atomic E-state index is 13.2. The van der Waals surface area contributed by atoms with Crippen LogP contribution in [-0.4, -0.2) is 16.8 Å². The molecular formula is C10H10BrFO2. The van der Waals surface area contributed by atoms with Crippen LogP contribution in [0.2, 0.25) is 0 Å². The molecular weight excluding hydrogens is 251 g/mol. The van der Waals surface area contributed by atoms with Crippen LogP contribution in [0, 0.1) is 5.82 Å². The standard InChI is InChI=1S/C10H10BrFO2/c11-6-3-7(9(14)8(12)4-6)10(5-13)1-2-10/h3-4,13-14H,1-2,5H2. The van der Waals surface area contributed by atoms with Gasteiger partial charge in [-0.1, -0.05) is 15.9 Å². The van der Waals surface area contributed by atoms with E-state index in [0.29, 0.717) is 10.0 Å². The first kappa shape index (κ1) is 9.93. The van der Waals surface area contributed by atoms with Gasteiger partial charge in [-0.2, -0.15) is 0 Å². The SMILES string of the molecule is OCC1(c2cc(Br)cc(F)c2O)CC1. The molecule has 14 heavy (non-hydrogen) atoms. The zero-order valence-corrected chi connectivity index (χ0v) is 9.01. The highest BCUT2D eigenvalue weighted by atomic mass is 79.9. The Labute approximate surface area is 89.5 Å². The van der Waals surface area contributed by atoms with E-state index in [1.165, 1.54) is 6.07 Å². The van der Waals surface area contributed by atoms with E-state index >= 15 is 0 Å². The molecule has 2 nitrogen and oxygen atoms in total. The number of phenols is 1. The second-order valence-electron chi connectivity index (χ2n) is 3.72. The van der Waals surface area contributed by atoms with E-state index in [1.54, 1.807) is 6.07 Å². The first-order chi connectivity index (χ1) is 6.59. The molecule has 2 N–H and O–H groups in total. The lowest BCUT2D eigenvalue weighted by atomic mass is 9.96. The second-order valence-corrected chi connectivity index (χ2v) is 4.64. The fraction of sp³-hybridized carbons (Fsp3) is 0.400. The van der Waals surface area contributed by atoms with Gasteiger partial charge in [0.15, 0.2) is 11.6 Å². The molecule has 0 spiro atoms. The van der Waals surface area contributed by atoms with Gasteiger partial charge in [-0.25, -0.2) is 4.39 Å². The lowest BCUT2D eigenvalue weighted by molar-refractivity contribution is 0.251. The molecule has 0 heterocycles. The van der Waals surface area contributed by atoms with Gasteiger partial charge < -0.3 is 10.2 Å². The summed E-state index contributed by atoms with van der Waals surface area (Å²) in [4.78, 5) is 0. The summed E-state index contributed by atoms with van der Waals surface area (Å²) >= 11 is 3.16. The molecule has 0 aromatic heterocycles. The predicted molar refractivity (Wildman–Crippen MR) is 53.8 cm³/mol. The summed E-state index contributed by atoms with van der Waals surface area (Å²) in [6, 6.07) is 2.88. The summed E-state index contributed by atoms with van der Waals surface area (Å²) in [6.45, 7) is -0.0452. The van der Waals surface area contributed by atoms with E-state index in [9.17, 15) is 9.50 Å². The van der Waals surface area contributed by atoms with Gasteiger partial charge in [0.2, 0.25) is 0 Å². The van der Waals surface area contributed by atoms with Gasteiger partial charge >= 0.3 is 0 Å². The van der Waals surface area contributed by atoms with Crippen LogP contribution in [0.5, 0.6) is 5.75 Å². The highest BCUT2D eigenvalue weighted by molar-refractivity contribution is 9.10. The molecule has 0 amide bonds. The Morgan fingerprint density at radius 3 is 2.57 bits per heavy atom. The number of rotatable bonds is 2. The first-order valence-corrected chi connectivity index (χ1v) is 5.18. The highest BCUT2D eigenvalue weighted by Gasteiger charge is 2.46. The van der Waals surface area contributed by atoms with E-state index in [4.69, 9.17) is 5.11 Å². The average molecular weight is 261 g/mol. The minimum atomic E-state index is -0.644. The quantitative estimate of drug-likeness (QED) is 0.857. The van der Waals surface area contributed by atoms with Gasteiger partial charge in [-0.15, -0.1) is 0 Å². The molecule has 4 heteroatoms. The summed E-state index contributed by atoms with van der Waals surface area (Å²) in [5, 5.41) is 18.7. The molecule has 0 unspecified atom stereocenters. The van der Waals surface area contributed by atoms with Crippen molar-refractivity contribution < 1.29 is 14.6 Å². The van der Waals surface area contributed by atoms with Crippen molar-refractivity contribution in [3.63, 3.8) is 0 Å². The Balaban J connectivity index is 2.52. The predicted octanol–water partition coefficient (Wildman–Crippen LogP) is 2.32. The molecule has 1 aliphatic rings. The van der Waals surface area contributed by atoms with Crippen LogP contribution in [-0.2, 0) is 5.41 Å². The zero-order chi connectivity index (χ0) is 10.3. The van der Waals surface area contributed by atoms with Gasteiger partial charge in [-0.3, -0.25) is 0 Å². The summed E-state index contributed by atoms with van der Waals surface area (Å²) in [6.07, 6.45) is 1.60. The number of aliphatic hydroxyl groups excluding tert-OH is 1. The van der Waals surface area contributed by atoms with Crippen molar-refractivity contribution in [1.29, 1.82) is 0 Å². The average Bonchev–Trinajstić information content (AvgIpc) is 2.92. The van der Waals surface area contributed by atoms with Gasteiger partial charge in [0, 0.05) is 15.5 Å². The number of aromatic hydroxyl groups is 1. The van der Waals surface area contributed by atoms with Crippen LogP contribution in [0.1, 0.15) is 18.4 Å². The van der Waals surface area contributed by atoms with Crippen molar-refractivity contribution >= 4 is 15.9 Å². The Hall–Kier alpha value is -0.610. The van der Waals surface area contributed by atoms with Crippen molar-refractivity contribution in [2.45, 2.75) is 18.3 Å². The lowest BCUT2D eigenvalue weighted by Crippen LogP contribution is -2.12. The summed E-state index contributed by atoms with van der Waals surface area (Å²) in [5.74, 6) is -0.978. The topological polar surface area (TPSA) is 40.5 Å². The molecule has 76 valence electrons. The zero-order valence-electron chi connectivity index (χ0n) is 7.43. The summed E-state index contributed by atoms with van der Waals surface area (Å²) < 4.78 is 13.8. The van der Waals surface area contributed by atoms with Crippen molar-refractivity contribution in [3.05, 3.63) is 28.0 Å². The molecule has 0 bridgehead atoms. The smallest absolute Gasteiger partial charge is 0.166 e. The molecule has 0 radical (unpaired) electrons. The Morgan fingerprint density at radius 1 is 1.43 bits per heavy atom. The third-order valence-electron chi connectivity index (χ3n) is 2.76. The fourth-order valence-corrected chi connectivity index (χ4v) is 2.06. The Morgan fingerprint density at radius 2 is 2.07 bits per heavy atom. The normalized spacial score (nSPS) is 18.2. The fourth-order valence-electron chi connectivity index (χ4n) is 1.63. The van der Waals surface area contributed by atoms with Crippen molar-refractivity contribution in [3.8, 4) is 5.75 Å². The molecule has 1 aromatic carbocycles. The third-order valence-corrected chi connectivity index (χ3v) is 3.21. The second kappa shape index (κ2) is 3.21. The molecule has 0 aliphatic heterocycles. The minimum absolute atomic E-state index is 0.0452. The van der Waals surface area contributed by atoms with Crippen LogP contribution in [0.4, 0.5) is 4.39 Å². The van der Waals surface area contributed by atoms with Crippen LogP contribution in [0.15, 0.2) is 16.6 Å². The molecule has 0 atom stereocenters. The van der Waals surface area contributed by atoms with E-state index in [0.717, 1.165) is 12.8 Å². The van der Waals surface area contributed by atoms with E-state index < -0.39 is 11.2 Å². The Bertz CT molecular complexity index is 375. The molecule has 1 aliphatic carbocycles. The third kappa shape index (κ3) is 1.42. The van der Waals surface area contributed by atoms with Crippen LogP contribution < -0.4 is 0 Å². The van der Waals surface area contributed by atoms with Crippen LogP contribution >= 0.6 is 15.9 Å². The molecule has 1 saturated carbocycles. The van der Waals surface area contributed by atoms with E-state index in [1.807, 2.05) is 0 Å². The van der Waals surface area contributed by atoms with Gasteiger partial charge in [0.25, 0.3) is 0 Å². The molecule has 2 rings (SSSR count). The first-order valence-electron chi connectivity index (χ1n) is 4.38. The van der Waals surface area contributed by atoms with Crippen molar-refractivity contribution in [2.24, 2.45) is 0 Å². The largest absolute Gasteiger partial charge is 0.505 e. The molecule has 1 aromatic rings. The number of hydrogen-bond donors (Lipinski definition) is 2. The number of hydrogen-bond acceptors (Lipinski definition) is 2. The Kier molecular flexibility index (Phi) is 2.27. The number of aliphatic hydroxyl groups is 1. The van der Waals surface area contributed by atoms with E-state index in [-0.39, 0.29) is 12.4 Å². The number of phenolic OH excluding ortho intramolecular Hbond substituents is 1. The molecule has 1 fully saturated rings. The number of benzene rings is 1. The maximum atomic E-state index is 13.2. The van der Waals surface area contributed by atoms with Crippen LogP contribution in [0.25, 0.3) is 0 Å². The van der Waals surface area contributed by atoms with E-state index in [2.05, 4.69) is 15.9 Å². The summed E-state index contributed by atoms with van der Waals surface area (Å²) in [5.41, 5.74) is 0.0983. The van der Waals surface area contributed by atoms with Crippen molar-refractivity contribution in [1.82, 2.24) is 0 Å². The monoisotopic (exact) mass is 260 g/mol. The highest BCUT2D eigenvalue weighted by Crippen LogP contribution is 2.51. The summed E-state index contributed by atoms with van der Waals surface area (Å²) in [7, 11) is 0. The van der Waals surface area contributed by atoms with Gasteiger partial charge in [0.1, 0.15) is 0 Å². The lowest BCUT2D eigenvalue weighted by Gasteiger charge is -2.14. The van der Waals surface area contributed by atoms with Gasteiger partial charge in [0.05, 0.1) is 6.61 Å². The van der Waals surface area contributed by atoms with Crippen molar-refractivity contribution in [2.75, 3.05) is 6.61 Å². The molecule has 0 saturated heterocycles. The minimum Gasteiger partial charge on any atom is -0.505 e. The maximum Gasteiger partial charge on any atom is 0.166 e.